The molecule has 0 aliphatic rings. The van der Waals surface area contributed by atoms with Gasteiger partial charge in [0.05, 0.1) is 0 Å². The van der Waals surface area contributed by atoms with Crippen molar-refractivity contribution in [1.82, 2.24) is 15.5 Å². The highest BCUT2D eigenvalue weighted by Crippen LogP contribution is 2.25. The Labute approximate surface area is 90.7 Å². The number of rotatable bonds is 4. The van der Waals surface area contributed by atoms with Crippen LogP contribution in [0.5, 0.6) is 0 Å². The molecule has 0 radical (unpaired) electrons. The molecule has 0 fully saturated rings. The molecule has 0 saturated heterocycles. The van der Waals surface area contributed by atoms with Gasteiger partial charge in [0.1, 0.15) is 0 Å². The van der Waals surface area contributed by atoms with Gasteiger partial charge in [0.25, 0.3) is 0 Å². The number of carbonyl (C=O) groups excluding carboxylic acids is 1. The Bertz CT molecular complexity index is 302. The summed E-state index contributed by atoms with van der Waals surface area (Å²) < 4.78 is 0.887. The summed E-state index contributed by atoms with van der Waals surface area (Å²) in [7, 11) is 1.56. The molecule has 1 heterocycles. The Balaban J connectivity index is 2.46. The minimum absolute atomic E-state index is 0.270. The molecule has 2 amide bonds. The van der Waals surface area contributed by atoms with Crippen LogP contribution in [0.15, 0.2) is 4.34 Å². The molecule has 78 valence electrons. The van der Waals surface area contributed by atoms with Crippen LogP contribution in [0, 0.1) is 0 Å². The number of anilines is 1. The summed E-state index contributed by atoms with van der Waals surface area (Å²) in [5, 5.41) is 13.3. The molecule has 2 N–H and O–H groups in total. The van der Waals surface area contributed by atoms with Crippen LogP contribution in [0.4, 0.5) is 9.93 Å². The molecular weight excluding hydrogens is 220 g/mol. The molecule has 5 nitrogen and oxygen atoms in total. The van der Waals surface area contributed by atoms with Gasteiger partial charge in [-0.3, -0.25) is 5.32 Å². The van der Waals surface area contributed by atoms with E-state index in [-0.39, 0.29) is 6.03 Å². The second-order valence-corrected chi connectivity index (χ2v) is 4.75. The predicted octanol–water partition coefficient (Wildman–Crippen LogP) is 1.79. The first-order valence-corrected chi connectivity index (χ1v) is 6.01. The Hall–Kier alpha value is -0.820. The molecule has 0 aliphatic carbocycles. The van der Waals surface area contributed by atoms with Gasteiger partial charge in [-0.05, 0) is 6.42 Å². The van der Waals surface area contributed by atoms with Crippen molar-refractivity contribution in [3.05, 3.63) is 0 Å². The Morgan fingerprint density at radius 3 is 3.00 bits per heavy atom. The lowest BCUT2D eigenvalue weighted by atomic mass is 10.6. The van der Waals surface area contributed by atoms with E-state index in [1.54, 1.807) is 18.8 Å². The van der Waals surface area contributed by atoms with Crippen LogP contribution < -0.4 is 10.6 Å². The third-order valence-electron chi connectivity index (χ3n) is 1.28. The van der Waals surface area contributed by atoms with Crippen LogP contribution in [-0.4, -0.2) is 29.0 Å². The zero-order chi connectivity index (χ0) is 10.4. The van der Waals surface area contributed by atoms with Crippen molar-refractivity contribution in [3.8, 4) is 0 Å². The summed E-state index contributed by atoms with van der Waals surface area (Å²) in [6, 6.07) is -0.270. The predicted molar refractivity (Wildman–Crippen MR) is 59.0 cm³/mol. The molecule has 1 aromatic heterocycles. The third kappa shape index (κ3) is 3.51. The monoisotopic (exact) mass is 232 g/mol. The molecule has 1 aromatic rings. The van der Waals surface area contributed by atoms with E-state index in [1.165, 1.54) is 11.3 Å². The van der Waals surface area contributed by atoms with Gasteiger partial charge >= 0.3 is 6.03 Å². The topological polar surface area (TPSA) is 66.9 Å². The molecule has 7 heteroatoms. The van der Waals surface area contributed by atoms with E-state index in [9.17, 15) is 4.79 Å². The normalized spacial score (nSPS) is 9.86. The van der Waals surface area contributed by atoms with Crippen LogP contribution in [-0.2, 0) is 0 Å². The number of thioether (sulfide) groups is 1. The zero-order valence-corrected chi connectivity index (χ0v) is 9.67. The van der Waals surface area contributed by atoms with Gasteiger partial charge in [-0.15, -0.1) is 10.2 Å². The van der Waals surface area contributed by atoms with Crippen LogP contribution in [0.1, 0.15) is 13.3 Å². The maximum Gasteiger partial charge on any atom is 0.320 e. The van der Waals surface area contributed by atoms with Crippen LogP contribution >= 0.6 is 23.1 Å². The number of aromatic nitrogens is 2. The van der Waals surface area contributed by atoms with Crippen LogP contribution in [0.3, 0.4) is 0 Å². The molecule has 1 rings (SSSR count). The average Bonchev–Trinajstić information content (AvgIpc) is 2.62. The van der Waals surface area contributed by atoms with E-state index in [4.69, 9.17) is 0 Å². The highest BCUT2D eigenvalue weighted by atomic mass is 32.2. The first kappa shape index (κ1) is 11.3. The largest absolute Gasteiger partial charge is 0.341 e. The quantitative estimate of drug-likeness (QED) is 0.613. The molecule has 0 spiro atoms. The second-order valence-electron chi connectivity index (χ2n) is 2.43. The molecule has 0 aliphatic heterocycles. The highest BCUT2D eigenvalue weighted by Gasteiger charge is 2.06. The van der Waals surface area contributed by atoms with Crippen molar-refractivity contribution in [2.75, 3.05) is 18.1 Å². The Kier molecular flexibility index (Phi) is 4.68. The summed E-state index contributed by atoms with van der Waals surface area (Å²) in [5.41, 5.74) is 0. The van der Waals surface area contributed by atoms with Gasteiger partial charge in [-0.1, -0.05) is 30.0 Å². The Morgan fingerprint density at radius 1 is 1.57 bits per heavy atom. The van der Waals surface area contributed by atoms with Crippen molar-refractivity contribution in [2.45, 2.75) is 17.7 Å². The molecule has 0 bridgehead atoms. The number of nitrogens with zero attached hydrogens (tertiary/aromatic N) is 2. The van der Waals surface area contributed by atoms with E-state index in [1.807, 2.05) is 0 Å². The fourth-order valence-electron chi connectivity index (χ4n) is 0.668. The summed E-state index contributed by atoms with van der Waals surface area (Å²) in [6.07, 6.45) is 1.10. The van der Waals surface area contributed by atoms with Crippen molar-refractivity contribution in [1.29, 1.82) is 0 Å². The average molecular weight is 232 g/mol. The lowest BCUT2D eigenvalue weighted by Crippen LogP contribution is -2.24. The summed E-state index contributed by atoms with van der Waals surface area (Å²) in [6.45, 7) is 2.11. The van der Waals surface area contributed by atoms with Crippen molar-refractivity contribution >= 4 is 34.3 Å². The molecule has 0 aromatic carbocycles. The number of urea groups is 1. The number of carbonyl (C=O) groups is 1. The van der Waals surface area contributed by atoms with E-state index in [2.05, 4.69) is 27.8 Å². The van der Waals surface area contributed by atoms with Gasteiger partial charge in [0.2, 0.25) is 5.13 Å². The van der Waals surface area contributed by atoms with Crippen LogP contribution in [0.25, 0.3) is 0 Å². The zero-order valence-electron chi connectivity index (χ0n) is 8.03. The molecule has 14 heavy (non-hydrogen) atoms. The number of nitrogens with one attached hydrogen (secondary N) is 2. The molecular formula is C7H12N4OS2. The maximum atomic E-state index is 10.9. The Morgan fingerprint density at radius 2 is 2.36 bits per heavy atom. The van der Waals surface area contributed by atoms with Gasteiger partial charge in [-0.25, -0.2) is 4.79 Å². The molecule has 0 unspecified atom stereocenters. The molecule has 0 saturated carbocycles. The van der Waals surface area contributed by atoms with Gasteiger partial charge in [0.15, 0.2) is 4.34 Å². The number of hydrogen-bond donors (Lipinski definition) is 2. The SMILES string of the molecule is CCCSc1nnc(NC(=O)NC)s1. The van der Waals surface area contributed by atoms with Crippen molar-refractivity contribution in [3.63, 3.8) is 0 Å². The number of amides is 2. The van der Waals surface area contributed by atoms with E-state index in [0.29, 0.717) is 5.13 Å². The standard InChI is InChI=1S/C7H12N4OS2/c1-3-4-13-7-11-10-6(14-7)9-5(12)8-2/h3-4H2,1-2H3,(H2,8,9,10,12). The fraction of sp³-hybridized carbons (Fsp3) is 0.571. The number of hydrogen-bond acceptors (Lipinski definition) is 5. The third-order valence-corrected chi connectivity index (χ3v) is 3.46. The van der Waals surface area contributed by atoms with Gasteiger partial charge in [-0.2, -0.15) is 0 Å². The van der Waals surface area contributed by atoms with Crippen molar-refractivity contribution in [2.24, 2.45) is 0 Å². The van der Waals surface area contributed by atoms with Crippen LogP contribution in [0.2, 0.25) is 0 Å². The van der Waals surface area contributed by atoms with E-state index in [0.717, 1.165) is 16.5 Å². The lowest BCUT2D eigenvalue weighted by molar-refractivity contribution is 0.254. The fourth-order valence-corrected chi connectivity index (χ4v) is 2.34. The maximum absolute atomic E-state index is 10.9. The summed E-state index contributed by atoms with van der Waals surface area (Å²) >= 11 is 3.03. The molecule has 0 atom stereocenters. The van der Waals surface area contributed by atoms with E-state index >= 15 is 0 Å². The summed E-state index contributed by atoms with van der Waals surface area (Å²) in [5.74, 6) is 1.02. The minimum Gasteiger partial charge on any atom is -0.341 e. The van der Waals surface area contributed by atoms with E-state index < -0.39 is 0 Å². The first-order chi connectivity index (χ1) is 6.76. The highest BCUT2D eigenvalue weighted by molar-refractivity contribution is 8.01. The summed E-state index contributed by atoms with van der Waals surface area (Å²) in [4.78, 5) is 10.9. The van der Waals surface area contributed by atoms with Gasteiger partial charge < -0.3 is 5.32 Å². The lowest BCUT2D eigenvalue weighted by Gasteiger charge is -1.96. The minimum atomic E-state index is -0.270. The van der Waals surface area contributed by atoms with Gasteiger partial charge in [0, 0.05) is 12.8 Å². The van der Waals surface area contributed by atoms with Crippen molar-refractivity contribution < 1.29 is 4.79 Å². The first-order valence-electron chi connectivity index (χ1n) is 4.21. The smallest absolute Gasteiger partial charge is 0.320 e. The second kappa shape index (κ2) is 5.82.